The Morgan fingerprint density at radius 2 is 2.00 bits per heavy atom. The van der Waals surface area contributed by atoms with Crippen LogP contribution in [0.15, 0.2) is 23.8 Å². The average Bonchev–Trinajstić information content (AvgIpc) is 2.85. The number of ketones is 2. The number of carbonyl (C=O) groups is 2. The SMILES string of the molecule is CCN[C@H]1C[C@@H]2[C@H](CC[C@]3(C)C(=O)CC[C@@H]23)[C@@]2(C)C=CC(=O)C=C12. The zero-order valence-corrected chi connectivity index (χ0v) is 15.1. The van der Waals surface area contributed by atoms with Gasteiger partial charge in [-0.25, -0.2) is 0 Å². The van der Waals surface area contributed by atoms with Crippen LogP contribution >= 0.6 is 0 Å². The van der Waals surface area contributed by atoms with Crippen LogP contribution in [0, 0.1) is 28.6 Å². The van der Waals surface area contributed by atoms with E-state index in [1.807, 2.05) is 6.08 Å². The van der Waals surface area contributed by atoms with Gasteiger partial charge in [-0.05, 0) is 67.7 Å². The molecule has 0 bridgehead atoms. The average molecular weight is 327 g/mol. The number of nitrogens with one attached hydrogen (secondary N) is 1. The maximum Gasteiger partial charge on any atom is 0.178 e. The van der Waals surface area contributed by atoms with E-state index in [0.29, 0.717) is 23.5 Å². The summed E-state index contributed by atoms with van der Waals surface area (Å²) in [5.41, 5.74) is 1.16. The lowest BCUT2D eigenvalue weighted by atomic mass is 9.47. The van der Waals surface area contributed by atoms with Crippen molar-refractivity contribution in [2.75, 3.05) is 6.54 Å². The molecule has 3 heteroatoms. The molecule has 4 aliphatic rings. The van der Waals surface area contributed by atoms with Crippen LogP contribution in [0.3, 0.4) is 0 Å². The van der Waals surface area contributed by atoms with E-state index in [-0.39, 0.29) is 22.7 Å². The summed E-state index contributed by atoms with van der Waals surface area (Å²) >= 11 is 0. The van der Waals surface area contributed by atoms with Gasteiger partial charge in [0, 0.05) is 23.3 Å². The van der Waals surface area contributed by atoms with Gasteiger partial charge in [0.05, 0.1) is 0 Å². The van der Waals surface area contributed by atoms with Gasteiger partial charge in [0.15, 0.2) is 5.78 Å². The first-order valence-corrected chi connectivity index (χ1v) is 9.62. The molecule has 4 aliphatic carbocycles. The summed E-state index contributed by atoms with van der Waals surface area (Å²) in [5, 5.41) is 3.63. The highest BCUT2D eigenvalue weighted by Gasteiger charge is 2.59. The van der Waals surface area contributed by atoms with Gasteiger partial charge in [-0.1, -0.05) is 26.8 Å². The number of hydrogen-bond acceptors (Lipinski definition) is 3. The maximum absolute atomic E-state index is 12.5. The molecule has 0 aromatic heterocycles. The fourth-order valence-corrected chi connectivity index (χ4v) is 6.49. The van der Waals surface area contributed by atoms with Crippen LogP contribution in [0.5, 0.6) is 0 Å². The fourth-order valence-electron chi connectivity index (χ4n) is 6.49. The molecule has 1 N–H and O–H groups in total. The highest BCUT2D eigenvalue weighted by molar-refractivity contribution is 6.01. The van der Waals surface area contributed by atoms with Crippen molar-refractivity contribution in [1.29, 1.82) is 0 Å². The summed E-state index contributed by atoms with van der Waals surface area (Å²) in [6, 6.07) is 0.271. The van der Waals surface area contributed by atoms with Crippen molar-refractivity contribution in [3.8, 4) is 0 Å². The van der Waals surface area contributed by atoms with E-state index in [9.17, 15) is 9.59 Å². The van der Waals surface area contributed by atoms with Crippen LogP contribution < -0.4 is 5.32 Å². The lowest BCUT2D eigenvalue weighted by Gasteiger charge is -2.57. The van der Waals surface area contributed by atoms with Crippen LogP contribution in [-0.2, 0) is 9.59 Å². The zero-order valence-electron chi connectivity index (χ0n) is 15.1. The molecule has 0 amide bonds. The Morgan fingerprint density at radius 1 is 1.21 bits per heavy atom. The predicted molar refractivity (Wildman–Crippen MR) is 94.5 cm³/mol. The minimum atomic E-state index is -0.0935. The van der Waals surface area contributed by atoms with Crippen LogP contribution in [0.1, 0.15) is 52.9 Å². The highest BCUT2D eigenvalue weighted by Crippen LogP contribution is 2.63. The molecule has 0 heterocycles. The van der Waals surface area contributed by atoms with Crippen LogP contribution in [-0.4, -0.2) is 24.2 Å². The molecule has 3 nitrogen and oxygen atoms in total. The van der Waals surface area contributed by atoms with E-state index in [0.717, 1.165) is 38.6 Å². The molecular formula is C21H29NO2. The minimum absolute atomic E-state index is 0.0311. The first-order valence-electron chi connectivity index (χ1n) is 9.62. The van der Waals surface area contributed by atoms with Gasteiger partial charge in [-0.15, -0.1) is 0 Å². The summed E-state index contributed by atoms with van der Waals surface area (Å²) in [6.45, 7) is 7.59. The molecular weight excluding hydrogens is 298 g/mol. The number of hydrogen-bond donors (Lipinski definition) is 1. The molecule has 0 aromatic carbocycles. The van der Waals surface area contributed by atoms with Crippen molar-refractivity contribution < 1.29 is 9.59 Å². The Kier molecular flexibility index (Phi) is 3.65. The second kappa shape index (κ2) is 5.39. The topological polar surface area (TPSA) is 46.2 Å². The maximum atomic E-state index is 12.5. The molecule has 130 valence electrons. The first kappa shape index (κ1) is 16.3. The molecule has 4 rings (SSSR count). The number of likely N-dealkylation sites (N-methyl/N-ethyl adjacent to an activating group) is 1. The Labute approximate surface area is 145 Å². The summed E-state index contributed by atoms with van der Waals surface area (Å²) in [5.74, 6) is 2.29. The first-order chi connectivity index (χ1) is 11.4. The number of fused-ring (bicyclic) bond motifs is 5. The Hall–Kier alpha value is -1.22. The van der Waals surface area contributed by atoms with Gasteiger partial charge >= 0.3 is 0 Å². The number of Topliss-reactive ketones (excluding diaryl/α,β-unsaturated/α-hetero) is 1. The number of rotatable bonds is 2. The summed E-state index contributed by atoms with van der Waals surface area (Å²) in [7, 11) is 0. The van der Waals surface area contributed by atoms with Crippen molar-refractivity contribution in [3.05, 3.63) is 23.8 Å². The van der Waals surface area contributed by atoms with E-state index < -0.39 is 0 Å². The highest BCUT2D eigenvalue weighted by atomic mass is 16.1. The second-order valence-corrected chi connectivity index (χ2v) is 8.76. The van der Waals surface area contributed by atoms with E-state index in [1.54, 1.807) is 6.08 Å². The van der Waals surface area contributed by atoms with Crippen molar-refractivity contribution in [2.45, 2.75) is 58.9 Å². The van der Waals surface area contributed by atoms with E-state index >= 15 is 0 Å². The van der Waals surface area contributed by atoms with Crippen molar-refractivity contribution in [2.24, 2.45) is 28.6 Å². The minimum Gasteiger partial charge on any atom is -0.310 e. The summed E-state index contributed by atoms with van der Waals surface area (Å²) in [6.07, 6.45) is 10.9. The van der Waals surface area contributed by atoms with Crippen LogP contribution in [0.2, 0.25) is 0 Å². The Morgan fingerprint density at radius 3 is 2.75 bits per heavy atom. The quantitative estimate of drug-likeness (QED) is 0.845. The fraction of sp³-hybridized carbons (Fsp3) is 0.714. The van der Waals surface area contributed by atoms with Crippen molar-refractivity contribution in [1.82, 2.24) is 5.32 Å². The molecule has 0 unspecified atom stereocenters. The van der Waals surface area contributed by atoms with Gasteiger partial charge in [0.25, 0.3) is 0 Å². The lowest BCUT2D eigenvalue weighted by molar-refractivity contribution is -0.131. The molecule has 0 aromatic rings. The third-order valence-corrected chi connectivity index (χ3v) is 7.76. The van der Waals surface area contributed by atoms with Gasteiger partial charge in [-0.3, -0.25) is 9.59 Å². The summed E-state index contributed by atoms with van der Waals surface area (Å²) < 4.78 is 0. The largest absolute Gasteiger partial charge is 0.310 e. The van der Waals surface area contributed by atoms with Crippen LogP contribution in [0.25, 0.3) is 0 Å². The van der Waals surface area contributed by atoms with Gasteiger partial charge < -0.3 is 5.32 Å². The standard InChI is InChI=1S/C21H29NO2/c1-4-22-18-12-14-15-5-6-19(24)21(15,3)10-8-16(14)20(2)9-7-13(23)11-17(18)20/h7,9,11,14-16,18,22H,4-6,8,10,12H2,1-3H3/t14-,15-,16-,18-,20+,21-/m0/s1. The Bertz CT molecular complexity index is 648. The van der Waals surface area contributed by atoms with Gasteiger partial charge in [-0.2, -0.15) is 0 Å². The molecule has 0 saturated heterocycles. The number of allylic oxidation sites excluding steroid dienone is 3. The van der Waals surface area contributed by atoms with E-state index in [1.165, 1.54) is 5.57 Å². The number of carbonyl (C=O) groups excluding carboxylic acids is 2. The molecule has 24 heavy (non-hydrogen) atoms. The third kappa shape index (κ3) is 2.06. The second-order valence-electron chi connectivity index (χ2n) is 8.76. The molecule has 3 saturated carbocycles. The normalized spacial score (nSPS) is 47.0. The Balaban J connectivity index is 1.75. The molecule has 0 aliphatic heterocycles. The molecule has 0 radical (unpaired) electrons. The summed E-state index contributed by atoms with van der Waals surface area (Å²) in [4.78, 5) is 24.5. The van der Waals surface area contributed by atoms with Crippen molar-refractivity contribution >= 4 is 11.6 Å². The third-order valence-electron chi connectivity index (χ3n) is 7.76. The van der Waals surface area contributed by atoms with E-state index in [4.69, 9.17) is 0 Å². The van der Waals surface area contributed by atoms with Crippen LogP contribution in [0.4, 0.5) is 0 Å². The predicted octanol–water partition coefficient (Wildman–Crippen LogP) is 3.45. The molecule has 3 fully saturated rings. The zero-order chi connectivity index (χ0) is 17.1. The lowest BCUT2D eigenvalue weighted by Crippen LogP contribution is -2.55. The van der Waals surface area contributed by atoms with E-state index in [2.05, 4.69) is 32.2 Å². The molecule has 6 atom stereocenters. The molecule has 0 spiro atoms. The van der Waals surface area contributed by atoms with Crippen molar-refractivity contribution in [3.63, 3.8) is 0 Å². The smallest absolute Gasteiger partial charge is 0.178 e. The van der Waals surface area contributed by atoms with Gasteiger partial charge in [0.1, 0.15) is 5.78 Å². The monoisotopic (exact) mass is 327 g/mol. The van der Waals surface area contributed by atoms with Gasteiger partial charge in [0.2, 0.25) is 0 Å².